The number of benzene rings is 3. The van der Waals surface area contributed by atoms with Gasteiger partial charge in [-0.1, -0.05) is 12.1 Å². The molecule has 0 bridgehead atoms. The van der Waals surface area contributed by atoms with Crippen LogP contribution in [-0.4, -0.2) is 28.7 Å². The van der Waals surface area contributed by atoms with Crippen molar-refractivity contribution >= 4 is 22.7 Å². The molecule has 7 nitrogen and oxygen atoms in total. The van der Waals surface area contributed by atoms with E-state index in [1.807, 2.05) is 41.8 Å². The SMILES string of the molecule is CCOc1nc2ccc(F)cc2n1-c1cccc2c1CCC2Nc1ccc2c(c1)OC[C@H]2OC(C)=O. The lowest BCUT2D eigenvalue weighted by atomic mass is 10.1. The van der Waals surface area contributed by atoms with E-state index in [1.54, 1.807) is 6.07 Å². The number of halogens is 1. The molecular formula is C28H26FN3O4. The van der Waals surface area contributed by atoms with Gasteiger partial charge in [0.2, 0.25) is 0 Å². The zero-order chi connectivity index (χ0) is 24.8. The summed E-state index contributed by atoms with van der Waals surface area (Å²) in [5.41, 5.74) is 6.52. The second-order valence-electron chi connectivity index (χ2n) is 9.04. The van der Waals surface area contributed by atoms with Gasteiger partial charge in [-0.15, -0.1) is 0 Å². The van der Waals surface area contributed by atoms with Crippen LogP contribution in [0.5, 0.6) is 11.8 Å². The number of esters is 1. The normalized spacial score (nSPS) is 18.0. The largest absolute Gasteiger partial charge is 0.489 e. The second kappa shape index (κ2) is 8.86. The van der Waals surface area contributed by atoms with E-state index < -0.39 is 0 Å². The topological polar surface area (TPSA) is 74.6 Å². The van der Waals surface area contributed by atoms with E-state index in [0.29, 0.717) is 30.3 Å². The average Bonchev–Trinajstić information content (AvgIpc) is 3.54. The zero-order valence-corrected chi connectivity index (χ0v) is 20.1. The van der Waals surface area contributed by atoms with Crippen molar-refractivity contribution in [3.8, 4) is 17.4 Å². The van der Waals surface area contributed by atoms with E-state index >= 15 is 0 Å². The molecular weight excluding hydrogens is 461 g/mol. The third kappa shape index (κ3) is 3.82. The fourth-order valence-corrected chi connectivity index (χ4v) is 5.25. The van der Waals surface area contributed by atoms with Crippen molar-refractivity contribution in [3.63, 3.8) is 0 Å². The molecule has 2 aliphatic rings. The molecule has 2 heterocycles. The van der Waals surface area contributed by atoms with Crippen LogP contribution in [0.15, 0.2) is 54.6 Å². The molecule has 1 aromatic heterocycles. The summed E-state index contributed by atoms with van der Waals surface area (Å²) in [5.74, 6) is 0.0954. The molecule has 1 aliphatic carbocycles. The standard InChI is InChI=1S/C28H26FN3O4/c1-3-34-28-31-23-11-7-17(29)13-25(23)32(28)24-6-4-5-19-20(24)10-12-22(19)30-18-8-9-21-26(14-18)35-15-27(21)36-16(2)33/h4-9,11,13-14,22,27,30H,3,10,12,15H2,1-2H3/t22?,27-/m1/s1. The van der Waals surface area contributed by atoms with Gasteiger partial charge in [0.1, 0.15) is 18.2 Å². The summed E-state index contributed by atoms with van der Waals surface area (Å²) in [6.45, 7) is 4.11. The van der Waals surface area contributed by atoms with E-state index in [0.717, 1.165) is 35.5 Å². The van der Waals surface area contributed by atoms with Crippen LogP contribution < -0.4 is 14.8 Å². The molecule has 0 radical (unpaired) electrons. The molecule has 6 rings (SSSR count). The van der Waals surface area contributed by atoms with E-state index in [4.69, 9.17) is 14.2 Å². The first-order valence-corrected chi connectivity index (χ1v) is 12.1. The highest BCUT2D eigenvalue weighted by atomic mass is 19.1. The van der Waals surface area contributed by atoms with E-state index in [-0.39, 0.29) is 23.9 Å². The van der Waals surface area contributed by atoms with Gasteiger partial charge in [0, 0.05) is 30.3 Å². The molecule has 1 unspecified atom stereocenters. The summed E-state index contributed by atoms with van der Waals surface area (Å²) >= 11 is 0. The smallest absolute Gasteiger partial charge is 0.303 e. The molecule has 1 aliphatic heterocycles. The summed E-state index contributed by atoms with van der Waals surface area (Å²) in [7, 11) is 0. The van der Waals surface area contributed by atoms with Gasteiger partial charge >= 0.3 is 12.0 Å². The highest BCUT2D eigenvalue weighted by molar-refractivity contribution is 5.80. The van der Waals surface area contributed by atoms with E-state index in [2.05, 4.69) is 16.4 Å². The van der Waals surface area contributed by atoms with Crippen LogP contribution in [0.4, 0.5) is 10.1 Å². The van der Waals surface area contributed by atoms with Crippen molar-refractivity contribution in [2.24, 2.45) is 0 Å². The van der Waals surface area contributed by atoms with Crippen LogP contribution in [0.2, 0.25) is 0 Å². The quantitative estimate of drug-likeness (QED) is 0.354. The van der Waals surface area contributed by atoms with E-state index in [9.17, 15) is 9.18 Å². The van der Waals surface area contributed by atoms with Crippen molar-refractivity contribution in [2.45, 2.75) is 38.8 Å². The molecule has 0 fully saturated rings. The minimum Gasteiger partial charge on any atom is -0.489 e. The van der Waals surface area contributed by atoms with Crippen LogP contribution in [0.3, 0.4) is 0 Å². The molecule has 184 valence electrons. The van der Waals surface area contributed by atoms with Crippen LogP contribution in [-0.2, 0) is 16.0 Å². The van der Waals surface area contributed by atoms with Gasteiger partial charge < -0.3 is 19.5 Å². The van der Waals surface area contributed by atoms with Crippen molar-refractivity contribution < 1.29 is 23.4 Å². The van der Waals surface area contributed by atoms with Crippen LogP contribution >= 0.6 is 0 Å². The third-order valence-electron chi connectivity index (χ3n) is 6.75. The molecule has 0 amide bonds. The Hall–Kier alpha value is -4.07. The maximum atomic E-state index is 14.2. The second-order valence-corrected chi connectivity index (χ2v) is 9.04. The van der Waals surface area contributed by atoms with Gasteiger partial charge in [-0.2, -0.15) is 4.98 Å². The predicted molar refractivity (Wildman–Crippen MR) is 133 cm³/mol. The number of carbonyl (C=O) groups is 1. The molecule has 2 atom stereocenters. The number of anilines is 1. The minimum atomic E-state index is -0.365. The molecule has 1 N–H and O–H groups in total. The first kappa shape index (κ1) is 22.4. The molecule has 0 spiro atoms. The number of imidazole rings is 1. The Bertz CT molecular complexity index is 1480. The summed E-state index contributed by atoms with van der Waals surface area (Å²) < 4.78 is 33.0. The van der Waals surface area contributed by atoms with Crippen molar-refractivity contribution in [1.82, 2.24) is 9.55 Å². The fraction of sp³-hybridized carbons (Fsp3) is 0.286. The summed E-state index contributed by atoms with van der Waals surface area (Å²) in [6, 6.07) is 17.2. The fourth-order valence-electron chi connectivity index (χ4n) is 5.25. The molecule has 0 saturated carbocycles. The number of fused-ring (bicyclic) bond motifs is 3. The first-order valence-electron chi connectivity index (χ1n) is 12.1. The average molecular weight is 488 g/mol. The zero-order valence-electron chi connectivity index (χ0n) is 20.1. The van der Waals surface area contributed by atoms with Crippen LogP contribution in [0.25, 0.3) is 16.7 Å². The van der Waals surface area contributed by atoms with Crippen molar-refractivity contribution in [2.75, 3.05) is 18.5 Å². The Labute approximate surface area is 207 Å². The number of nitrogens with zero attached hydrogens (tertiary/aromatic N) is 2. The van der Waals surface area contributed by atoms with Crippen molar-refractivity contribution in [3.05, 3.63) is 77.1 Å². The Kier molecular flexibility index (Phi) is 5.51. The van der Waals surface area contributed by atoms with Gasteiger partial charge in [-0.3, -0.25) is 9.36 Å². The monoisotopic (exact) mass is 487 g/mol. The number of hydrogen-bond acceptors (Lipinski definition) is 6. The van der Waals surface area contributed by atoms with Crippen molar-refractivity contribution in [1.29, 1.82) is 0 Å². The summed E-state index contributed by atoms with van der Waals surface area (Å²) in [6.07, 6.45) is 1.40. The predicted octanol–water partition coefficient (Wildman–Crippen LogP) is 5.66. The van der Waals surface area contributed by atoms with Gasteiger partial charge in [0.15, 0.2) is 6.10 Å². The maximum absolute atomic E-state index is 14.2. The lowest BCUT2D eigenvalue weighted by molar-refractivity contribution is -0.147. The summed E-state index contributed by atoms with van der Waals surface area (Å²) in [5, 5.41) is 3.64. The summed E-state index contributed by atoms with van der Waals surface area (Å²) in [4.78, 5) is 16.0. The molecule has 0 saturated heterocycles. The third-order valence-corrected chi connectivity index (χ3v) is 6.75. The van der Waals surface area contributed by atoms with Crippen LogP contribution in [0.1, 0.15) is 49.1 Å². The Balaban J connectivity index is 1.33. The minimum absolute atomic E-state index is 0.103. The number of aromatic nitrogens is 2. The van der Waals surface area contributed by atoms with Gasteiger partial charge in [0.05, 0.1) is 29.4 Å². The van der Waals surface area contributed by atoms with Gasteiger partial charge in [0.25, 0.3) is 0 Å². The number of carbonyl (C=O) groups excluding carboxylic acids is 1. The van der Waals surface area contributed by atoms with Gasteiger partial charge in [-0.25, -0.2) is 4.39 Å². The highest BCUT2D eigenvalue weighted by Crippen LogP contribution is 2.41. The number of hydrogen-bond donors (Lipinski definition) is 1. The number of ether oxygens (including phenoxy) is 3. The maximum Gasteiger partial charge on any atom is 0.303 e. The lowest BCUT2D eigenvalue weighted by Gasteiger charge is -2.18. The first-order chi connectivity index (χ1) is 17.5. The lowest BCUT2D eigenvalue weighted by Crippen LogP contribution is -2.09. The van der Waals surface area contributed by atoms with Crippen LogP contribution in [0, 0.1) is 5.82 Å². The molecule has 36 heavy (non-hydrogen) atoms. The number of rotatable bonds is 6. The molecule has 3 aromatic carbocycles. The van der Waals surface area contributed by atoms with Gasteiger partial charge in [-0.05, 0) is 61.2 Å². The Morgan fingerprint density at radius 1 is 1.19 bits per heavy atom. The van der Waals surface area contributed by atoms with E-state index in [1.165, 1.54) is 30.2 Å². The molecule has 4 aromatic rings. The molecule has 8 heteroatoms. The number of nitrogens with one attached hydrogen (secondary N) is 1. The Morgan fingerprint density at radius 3 is 2.92 bits per heavy atom. The highest BCUT2D eigenvalue weighted by Gasteiger charge is 2.29. The Morgan fingerprint density at radius 2 is 2.08 bits per heavy atom.